The SMILES string of the molecule is CCCNc1nc(OCC2CCCCC2)nc(N(C)C)n1. The van der Waals surface area contributed by atoms with Gasteiger partial charge in [-0.15, -0.1) is 0 Å². The molecule has 1 aliphatic carbocycles. The van der Waals surface area contributed by atoms with E-state index >= 15 is 0 Å². The van der Waals surface area contributed by atoms with E-state index in [2.05, 4.69) is 27.2 Å². The van der Waals surface area contributed by atoms with Crippen molar-refractivity contribution in [3.63, 3.8) is 0 Å². The highest BCUT2D eigenvalue weighted by atomic mass is 16.5. The minimum Gasteiger partial charge on any atom is -0.463 e. The van der Waals surface area contributed by atoms with Crippen LogP contribution in [-0.2, 0) is 0 Å². The summed E-state index contributed by atoms with van der Waals surface area (Å²) < 4.78 is 5.83. The standard InChI is InChI=1S/C15H27N5O/c1-4-10-16-13-17-14(20(2)3)19-15(18-13)21-11-12-8-6-5-7-9-12/h12H,4-11H2,1-3H3,(H,16,17,18,19). The Bertz CT molecular complexity index is 432. The minimum absolute atomic E-state index is 0.429. The van der Waals surface area contributed by atoms with Gasteiger partial charge < -0.3 is 15.0 Å². The summed E-state index contributed by atoms with van der Waals surface area (Å²) in [7, 11) is 3.84. The molecule has 1 aromatic rings. The van der Waals surface area contributed by atoms with Gasteiger partial charge in [0.05, 0.1) is 6.61 Å². The van der Waals surface area contributed by atoms with Gasteiger partial charge in [0, 0.05) is 20.6 Å². The van der Waals surface area contributed by atoms with E-state index < -0.39 is 0 Å². The van der Waals surface area contributed by atoms with E-state index in [0.717, 1.165) is 13.0 Å². The lowest BCUT2D eigenvalue weighted by atomic mass is 9.90. The molecule has 6 heteroatoms. The van der Waals surface area contributed by atoms with Gasteiger partial charge in [0.15, 0.2) is 0 Å². The van der Waals surface area contributed by atoms with Gasteiger partial charge in [-0.3, -0.25) is 0 Å². The van der Waals surface area contributed by atoms with Gasteiger partial charge >= 0.3 is 6.01 Å². The lowest BCUT2D eigenvalue weighted by Gasteiger charge is -2.21. The molecule has 1 aromatic heterocycles. The van der Waals surface area contributed by atoms with Crippen LogP contribution in [0.25, 0.3) is 0 Å². The summed E-state index contributed by atoms with van der Waals surface area (Å²) in [6.07, 6.45) is 7.54. The van der Waals surface area contributed by atoms with Crippen LogP contribution in [0.1, 0.15) is 45.4 Å². The van der Waals surface area contributed by atoms with Crippen molar-refractivity contribution >= 4 is 11.9 Å². The lowest BCUT2D eigenvalue weighted by Crippen LogP contribution is -2.19. The number of aromatic nitrogens is 3. The van der Waals surface area contributed by atoms with Crippen molar-refractivity contribution < 1.29 is 4.74 Å². The molecule has 118 valence electrons. The van der Waals surface area contributed by atoms with Crippen LogP contribution in [0.5, 0.6) is 6.01 Å². The third kappa shape index (κ3) is 5.02. The smallest absolute Gasteiger partial charge is 0.323 e. The minimum atomic E-state index is 0.429. The summed E-state index contributed by atoms with van der Waals surface area (Å²) in [5.74, 6) is 1.86. The highest BCUT2D eigenvalue weighted by molar-refractivity contribution is 5.36. The van der Waals surface area contributed by atoms with Crippen LogP contribution in [0.15, 0.2) is 0 Å². The summed E-state index contributed by atoms with van der Waals surface area (Å²) in [5, 5.41) is 3.20. The summed E-state index contributed by atoms with van der Waals surface area (Å²) in [6, 6.07) is 0.429. The molecule has 0 radical (unpaired) electrons. The first-order chi connectivity index (χ1) is 10.2. The predicted octanol–water partition coefficient (Wildman–Crippen LogP) is 2.72. The predicted molar refractivity (Wildman–Crippen MR) is 85.0 cm³/mol. The molecule has 0 unspecified atom stereocenters. The van der Waals surface area contributed by atoms with Crippen molar-refractivity contribution in [2.24, 2.45) is 5.92 Å². The average Bonchev–Trinajstić information content (AvgIpc) is 2.51. The van der Waals surface area contributed by atoms with Crippen LogP contribution in [0.2, 0.25) is 0 Å². The Morgan fingerprint density at radius 1 is 1.14 bits per heavy atom. The van der Waals surface area contributed by atoms with Crippen LogP contribution in [0, 0.1) is 5.92 Å². The highest BCUT2D eigenvalue weighted by Gasteiger charge is 2.16. The van der Waals surface area contributed by atoms with E-state index in [1.165, 1.54) is 32.1 Å². The van der Waals surface area contributed by atoms with Crippen LogP contribution >= 0.6 is 0 Å². The molecule has 0 saturated heterocycles. The van der Waals surface area contributed by atoms with Crippen LogP contribution in [-0.4, -0.2) is 42.2 Å². The number of rotatable bonds is 7. The van der Waals surface area contributed by atoms with E-state index in [-0.39, 0.29) is 0 Å². The van der Waals surface area contributed by atoms with Gasteiger partial charge in [-0.05, 0) is 25.2 Å². The third-order valence-corrected chi connectivity index (χ3v) is 3.71. The zero-order valence-corrected chi connectivity index (χ0v) is 13.4. The van der Waals surface area contributed by atoms with E-state index in [4.69, 9.17) is 4.74 Å². The zero-order chi connectivity index (χ0) is 15.1. The van der Waals surface area contributed by atoms with Crippen LogP contribution in [0.4, 0.5) is 11.9 Å². The van der Waals surface area contributed by atoms with E-state index in [0.29, 0.717) is 30.4 Å². The van der Waals surface area contributed by atoms with Gasteiger partial charge in [0.2, 0.25) is 11.9 Å². The van der Waals surface area contributed by atoms with Crippen molar-refractivity contribution in [1.82, 2.24) is 15.0 Å². The largest absolute Gasteiger partial charge is 0.463 e. The summed E-state index contributed by atoms with van der Waals surface area (Å²) in [6.45, 7) is 3.67. The Kier molecular flexibility index (Phi) is 6.02. The monoisotopic (exact) mass is 293 g/mol. The van der Waals surface area contributed by atoms with E-state index in [1.807, 2.05) is 19.0 Å². The van der Waals surface area contributed by atoms with Gasteiger partial charge in [-0.2, -0.15) is 15.0 Å². The van der Waals surface area contributed by atoms with Crippen LogP contribution < -0.4 is 15.0 Å². The molecule has 1 fully saturated rings. The maximum atomic E-state index is 5.83. The molecule has 0 aliphatic heterocycles. The maximum Gasteiger partial charge on any atom is 0.323 e. The zero-order valence-electron chi connectivity index (χ0n) is 13.4. The second-order valence-corrected chi connectivity index (χ2v) is 5.88. The second-order valence-electron chi connectivity index (χ2n) is 5.88. The Labute approximate surface area is 127 Å². The first kappa shape index (κ1) is 15.8. The van der Waals surface area contributed by atoms with Crippen molar-refractivity contribution in [2.45, 2.75) is 45.4 Å². The fourth-order valence-corrected chi connectivity index (χ4v) is 2.47. The number of anilines is 2. The number of ether oxygens (including phenoxy) is 1. The molecule has 1 N–H and O–H groups in total. The first-order valence-corrected chi connectivity index (χ1v) is 7.99. The fraction of sp³-hybridized carbons (Fsp3) is 0.800. The van der Waals surface area contributed by atoms with Gasteiger partial charge in [0.1, 0.15) is 0 Å². The van der Waals surface area contributed by atoms with E-state index in [9.17, 15) is 0 Å². The number of nitrogens with zero attached hydrogens (tertiary/aromatic N) is 4. The molecule has 2 rings (SSSR count). The van der Waals surface area contributed by atoms with Crippen molar-refractivity contribution in [3.05, 3.63) is 0 Å². The molecule has 1 aliphatic rings. The molecule has 0 spiro atoms. The Morgan fingerprint density at radius 2 is 1.90 bits per heavy atom. The molecule has 1 heterocycles. The normalized spacial score (nSPS) is 15.8. The third-order valence-electron chi connectivity index (χ3n) is 3.71. The summed E-state index contributed by atoms with van der Waals surface area (Å²) in [4.78, 5) is 15.0. The Balaban J connectivity index is 2.00. The van der Waals surface area contributed by atoms with Crippen molar-refractivity contribution in [3.8, 4) is 6.01 Å². The maximum absolute atomic E-state index is 5.83. The average molecular weight is 293 g/mol. The summed E-state index contributed by atoms with van der Waals surface area (Å²) >= 11 is 0. The Morgan fingerprint density at radius 3 is 2.57 bits per heavy atom. The molecule has 21 heavy (non-hydrogen) atoms. The molecule has 0 amide bonds. The number of hydrogen-bond donors (Lipinski definition) is 1. The molecule has 6 nitrogen and oxygen atoms in total. The number of nitrogens with one attached hydrogen (secondary N) is 1. The summed E-state index contributed by atoms with van der Waals surface area (Å²) in [5.41, 5.74) is 0. The molecule has 0 aromatic carbocycles. The fourth-order valence-electron chi connectivity index (χ4n) is 2.47. The number of hydrogen-bond acceptors (Lipinski definition) is 6. The van der Waals surface area contributed by atoms with Crippen LogP contribution in [0.3, 0.4) is 0 Å². The molecular formula is C15H27N5O. The topological polar surface area (TPSA) is 63.2 Å². The van der Waals surface area contributed by atoms with Gasteiger partial charge in [0.25, 0.3) is 0 Å². The molecule has 0 bridgehead atoms. The van der Waals surface area contributed by atoms with Crippen molar-refractivity contribution in [2.75, 3.05) is 37.5 Å². The molecule has 1 saturated carbocycles. The highest BCUT2D eigenvalue weighted by Crippen LogP contribution is 2.24. The molecular weight excluding hydrogens is 266 g/mol. The van der Waals surface area contributed by atoms with Crippen molar-refractivity contribution in [1.29, 1.82) is 0 Å². The van der Waals surface area contributed by atoms with Gasteiger partial charge in [-0.1, -0.05) is 26.2 Å². The van der Waals surface area contributed by atoms with E-state index in [1.54, 1.807) is 0 Å². The Hall–Kier alpha value is -1.59. The van der Waals surface area contributed by atoms with Gasteiger partial charge in [-0.25, -0.2) is 0 Å². The first-order valence-electron chi connectivity index (χ1n) is 7.99. The lowest BCUT2D eigenvalue weighted by molar-refractivity contribution is 0.196. The molecule has 0 atom stereocenters. The second kappa shape index (κ2) is 8.00. The quantitative estimate of drug-likeness (QED) is 0.834.